The Morgan fingerprint density at radius 2 is 1.96 bits per heavy atom. The van der Waals surface area contributed by atoms with E-state index in [1.807, 2.05) is 4.90 Å². The van der Waals surface area contributed by atoms with Gasteiger partial charge in [-0.05, 0) is 42.2 Å². The third-order valence-corrected chi connectivity index (χ3v) is 5.75. The average Bonchev–Trinajstić information content (AvgIpc) is 3.17. The molecule has 0 N–H and O–H groups in total. The summed E-state index contributed by atoms with van der Waals surface area (Å²) in [6.45, 7) is 3.57. The summed E-state index contributed by atoms with van der Waals surface area (Å²) in [6, 6.07) is 14.3. The van der Waals surface area contributed by atoms with Crippen molar-refractivity contribution in [1.82, 2.24) is 9.80 Å². The molecular weight excluding hydrogens is 348 g/mol. The molecule has 26 heavy (non-hydrogen) atoms. The molecule has 0 radical (unpaired) electrons. The van der Waals surface area contributed by atoms with Crippen LogP contribution < -0.4 is 4.74 Å². The van der Waals surface area contributed by atoms with Gasteiger partial charge in [-0.25, -0.2) is 0 Å². The first-order valence-electron chi connectivity index (χ1n) is 9.09. The van der Waals surface area contributed by atoms with Crippen LogP contribution in [-0.4, -0.2) is 48.5 Å². The van der Waals surface area contributed by atoms with Gasteiger partial charge in [-0.15, -0.1) is 0 Å². The van der Waals surface area contributed by atoms with Gasteiger partial charge in [0.15, 0.2) is 0 Å². The number of likely N-dealkylation sites (tertiary alicyclic amines) is 1. The van der Waals surface area contributed by atoms with Gasteiger partial charge >= 0.3 is 0 Å². The van der Waals surface area contributed by atoms with Crippen LogP contribution in [0.4, 0.5) is 0 Å². The molecule has 4 nitrogen and oxygen atoms in total. The fraction of sp³-hybridized carbons (Fsp3) is 0.381. The molecule has 2 aliphatic rings. The Bertz CT molecular complexity index is 823. The molecule has 2 aromatic rings. The molecule has 2 aliphatic heterocycles. The lowest BCUT2D eigenvalue weighted by Gasteiger charge is -2.33. The number of carbonyl (C=O) groups is 1. The lowest BCUT2D eigenvalue weighted by molar-refractivity contribution is 0.0770. The molecule has 0 saturated carbocycles. The topological polar surface area (TPSA) is 32.8 Å². The summed E-state index contributed by atoms with van der Waals surface area (Å²) < 4.78 is 5.35. The predicted molar refractivity (Wildman–Crippen MR) is 103 cm³/mol. The molecule has 2 aromatic carbocycles. The van der Waals surface area contributed by atoms with Gasteiger partial charge in [0.05, 0.1) is 12.7 Å². The zero-order valence-electron chi connectivity index (χ0n) is 15.0. The number of rotatable bonds is 3. The van der Waals surface area contributed by atoms with E-state index in [2.05, 4.69) is 29.2 Å². The van der Waals surface area contributed by atoms with Crippen LogP contribution in [0.3, 0.4) is 0 Å². The molecule has 0 aliphatic carbocycles. The molecule has 136 valence electrons. The average molecular weight is 371 g/mol. The normalized spacial score (nSPS) is 20.1. The number of ether oxygens (including phenoxy) is 1. The van der Waals surface area contributed by atoms with Crippen molar-refractivity contribution in [3.63, 3.8) is 0 Å². The van der Waals surface area contributed by atoms with E-state index in [0.717, 1.165) is 39.0 Å². The number of carbonyl (C=O) groups excluding carboxylic acids is 1. The fourth-order valence-corrected chi connectivity index (χ4v) is 4.24. The molecule has 1 atom stereocenters. The van der Waals surface area contributed by atoms with E-state index >= 15 is 0 Å². The standard InChI is InChI=1S/C21H23ClN2O2/c1-26-20-7-6-17(22)12-19(20)21(25)24-11-9-18(14-24)23-10-8-15-4-2-3-5-16(15)13-23/h2-7,12,18H,8-11,13-14H2,1H3/t18-/m1/s1. The molecule has 0 spiro atoms. The second-order valence-electron chi connectivity index (χ2n) is 7.03. The van der Waals surface area contributed by atoms with Gasteiger partial charge in [0.2, 0.25) is 0 Å². The van der Waals surface area contributed by atoms with Crippen molar-refractivity contribution >= 4 is 17.5 Å². The van der Waals surface area contributed by atoms with Gasteiger partial charge < -0.3 is 9.64 Å². The Balaban J connectivity index is 1.46. The first-order valence-corrected chi connectivity index (χ1v) is 9.47. The van der Waals surface area contributed by atoms with Crippen LogP contribution in [0.25, 0.3) is 0 Å². The minimum Gasteiger partial charge on any atom is -0.496 e. The van der Waals surface area contributed by atoms with Gasteiger partial charge in [0.25, 0.3) is 5.91 Å². The van der Waals surface area contributed by atoms with Crippen LogP contribution in [0.5, 0.6) is 5.75 Å². The maximum Gasteiger partial charge on any atom is 0.257 e. The highest BCUT2D eigenvalue weighted by molar-refractivity contribution is 6.31. The van der Waals surface area contributed by atoms with E-state index in [4.69, 9.17) is 16.3 Å². The summed E-state index contributed by atoms with van der Waals surface area (Å²) in [6.07, 6.45) is 2.10. The van der Waals surface area contributed by atoms with Gasteiger partial charge in [-0.1, -0.05) is 35.9 Å². The van der Waals surface area contributed by atoms with E-state index in [0.29, 0.717) is 22.4 Å². The fourth-order valence-electron chi connectivity index (χ4n) is 4.07. The molecule has 2 heterocycles. The van der Waals surface area contributed by atoms with Crippen molar-refractivity contribution in [2.45, 2.75) is 25.4 Å². The first-order chi connectivity index (χ1) is 12.7. The van der Waals surface area contributed by atoms with Crippen molar-refractivity contribution in [1.29, 1.82) is 0 Å². The summed E-state index contributed by atoms with van der Waals surface area (Å²) in [4.78, 5) is 17.4. The lowest BCUT2D eigenvalue weighted by Crippen LogP contribution is -2.41. The highest BCUT2D eigenvalue weighted by Crippen LogP contribution is 2.28. The number of hydrogen-bond donors (Lipinski definition) is 0. The van der Waals surface area contributed by atoms with Crippen LogP contribution in [0.1, 0.15) is 27.9 Å². The Morgan fingerprint density at radius 1 is 1.15 bits per heavy atom. The van der Waals surface area contributed by atoms with Crippen molar-refractivity contribution in [3.05, 3.63) is 64.2 Å². The van der Waals surface area contributed by atoms with Crippen LogP contribution >= 0.6 is 11.6 Å². The summed E-state index contributed by atoms with van der Waals surface area (Å²) in [7, 11) is 1.58. The zero-order valence-corrected chi connectivity index (χ0v) is 15.7. The number of amides is 1. The zero-order chi connectivity index (χ0) is 18.1. The Hall–Kier alpha value is -2.04. The third-order valence-electron chi connectivity index (χ3n) is 5.52. The molecule has 1 saturated heterocycles. The molecule has 0 bridgehead atoms. The van der Waals surface area contributed by atoms with Gasteiger partial charge in [-0.3, -0.25) is 9.69 Å². The van der Waals surface area contributed by atoms with Crippen molar-refractivity contribution < 1.29 is 9.53 Å². The van der Waals surface area contributed by atoms with E-state index in [-0.39, 0.29) is 5.91 Å². The Labute approximate surface area is 159 Å². The number of hydrogen-bond acceptors (Lipinski definition) is 3. The van der Waals surface area contributed by atoms with Crippen LogP contribution in [0.2, 0.25) is 5.02 Å². The Morgan fingerprint density at radius 3 is 2.77 bits per heavy atom. The summed E-state index contributed by atoms with van der Waals surface area (Å²) in [5.74, 6) is 0.582. The molecular formula is C21H23ClN2O2. The monoisotopic (exact) mass is 370 g/mol. The molecule has 4 rings (SSSR count). The SMILES string of the molecule is COc1ccc(Cl)cc1C(=O)N1CC[C@@H](N2CCc3ccccc3C2)C1. The number of methoxy groups -OCH3 is 1. The van der Waals surface area contributed by atoms with Crippen molar-refractivity contribution in [3.8, 4) is 5.75 Å². The molecule has 5 heteroatoms. The van der Waals surface area contributed by atoms with Gasteiger partial charge in [0.1, 0.15) is 5.75 Å². The molecule has 0 aromatic heterocycles. The summed E-state index contributed by atoms with van der Waals surface area (Å²) in [5.41, 5.74) is 3.42. The second kappa shape index (κ2) is 7.29. The largest absolute Gasteiger partial charge is 0.496 e. The van der Waals surface area contributed by atoms with E-state index in [1.165, 1.54) is 11.1 Å². The van der Waals surface area contributed by atoms with E-state index in [1.54, 1.807) is 25.3 Å². The quantitative estimate of drug-likeness (QED) is 0.827. The highest BCUT2D eigenvalue weighted by Gasteiger charge is 2.33. The minimum absolute atomic E-state index is 0.00394. The number of fused-ring (bicyclic) bond motifs is 1. The van der Waals surface area contributed by atoms with E-state index < -0.39 is 0 Å². The number of benzene rings is 2. The van der Waals surface area contributed by atoms with Crippen LogP contribution in [0, 0.1) is 0 Å². The molecule has 1 amide bonds. The minimum atomic E-state index is 0.00394. The van der Waals surface area contributed by atoms with Crippen LogP contribution in [-0.2, 0) is 13.0 Å². The summed E-state index contributed by atoms with van der Waals surface area (Å²) >= 11 is 6.09. The Kier molecular flexibility index (Phi) is 4.88. The molecule has 0 unspecified atom stereocenters. The van der Waals surface area contributed by atoms with Gasteiger partial charge in [-0.2, -0.15) is 0 Å². The first kappa shape index (κ1) is 17.4. The van der Waals surface area contributed by atoms with Crippen LogP contribution in [0.15, 0.2) is 42.5 Å². The number of halogens is 1. The lowest BCUT2D eigenvalue weighted by atomic mass is 9.98. The summed E-state index contributed by atoms with van der Waals surface area (Å²) in [5, 5.41) is 0.553. The van der Waals surface area contributed by atoms with Crippen molar-refractivity contribution in [2.75, 3.05) is 26.7 Å². The second-order valence-corrected chi connectivity index (χ2v) is 7.46. The maximum absolute atomic E-state index is 13.0. The van der Waals surface area contributed by atoms with E-state index in [9.17, 15) is 4.79 Å². The smallest absolute Gasteiger partial charge is 0.257 e. The molecule has 1 fully saturated rings. The maximum atomic E-state index is 13.0. The third kappa shape index (κ3) is 3.31. The predicted octanol–water partition coefficient (Wildman–Crippen LogP) is 3.62. The highest BCUT2D eigenvalue weighted by atomic mass is 35.5. The number of nitrogens with zero attached hydrogens (tertiary/aromatic N) is 2. The van der Waals surface area contributed by atoms with Crippen molar-refractivity contribution in [2.24, 2.45) is 0 Å². The van der Waals surface area contributed by atoms with Gasteiger partial charge in [0, 0.05) is 37.2 Å².